The molecular weight excluding hydrogens is 210 g/mol. The van der Waals surface area contributed by atoms with Crippen molar-refractivity contribution in [1.29, 1.82) is 0 Å². The van der Waals surface area contributed by atoms with Gasteiger partial charge in [0.05, 0.1) is 25.3 Å². The number of carboxylic acids is 1. The standard InChI is InChI=1S/C11H13NO4/c13-11(14)8-10-12(16-7-6-15-10)9-4-2-1-3-5-9/h1-5,10H,6-8H2,(H,13,14). The molecule has 5 nitrogen and oxygen atoms in total. The second-order valence-electron chi connectivity index (χ2n) is 3.42. The van der Waals surface area contributed by atoms with Crippen LogP contribution < -0.4 is 5.06 Å². The van der Waals surface area contributed by atoms with E-state index in [9.17, 15) is 4.79 Å². The minimum atomic E-state index is -0.906. The largest absolute Gasteiger partial charge is 0.481 e. The second-order valence-corrected chi connectivity index (χ2v) is 3.42. The van der Waals surface area contributed by atoms with E-state index in [1.54, 1.807) is 0 Å². The van der Waals surface area contributed by atoms with E-state index < -0.39 is 12.2 Å². The fraction of sp³-hybridized carbons (Fsp3) is 0.364. The van der Waals surface area contributed by atoms with E-state index in [4.69, 9.17) is 14.7 Å². The molecule has 16 heavy (non-hydrogen) atoms. The second kappa shape index (κ2) is 4.96. The Morgan fingerprint density at radius 1 is 1.38 bits per heavy atom. The number of ether oxygens (including phenoxy) is 1. The van der Waals surface area contributed by atoms with Crippen LogP contribution in [0.4, 0.5) is 5.69 Å². The first-order chi connectivity index (χ1) is 7.77. The topological polar surface area (TPSA) is 59.0 Å². The fourth-order valence-corrected chi connectivity index (χ4v) is 1.58. The Balaban J connectivity index is 2.13. The van der Waals surface area contributed by atoms with Crippen molar-refractivity contribution in [2.75, 3.05) is 18.3 Å². The van der Waals surface area contributed by atoms with Gasteiger partial charge in [0.15, 0.2) is 6.23 Å². The molecule has 0 radical (unpaired) electrons. The number of hydrogen-bond donors (Lipinski definition) is 1. The van der Waals surface area contributed by atoms with Crippen LogP contribution in [0.1, 0.15) is 6.42 Å². The van der Waals surface area contributed by atoms with Crippen LogP contribution in [-0.4, -0.2) is 30.5 Å². The molecule has 5 heteroatoms. The van der Waals surface area contributed by atoms with Crippen molar-refractivity contribution in [3.05, 3.63) is 30.3 Å². The first-order valence-corrected chi connectivity index (χ1v) is 5.08. The maximum atomic E-state index is 10.7. The molecule has 0 saturated carbocycles. The van der Waals surface area contributed by atoms with Crippen LogP contribution in [0.2, 0.25) is 0 Å². The smallest absolute Gasteiger partial charge is 0.308 e. The number of nitrogens with zero attached hydrogens (tertiary/aromatic N) is 1. The Kier molecular flexibility index (Phi) is 3.38. The monoisotopic (exact) mass is 223 g/mol. The first kappa shape index (κ1) is 10.9. The number of benzene rings is 1. The molecule has 0 aromatic heterocycles. The van der Waals surface area contributed by atoms with Crippen LogP contribution >= 0.6 is 0 Å². The lowest BCUT2D eigenvalue weighted by atomic mass is 10.3. The van der Waals surface area contributed by atoms with E-state index in [2.05, 4.69) is 0 Å². The maximum Gasteiger partial charge on any atom is 0.308 e. The summed E-state index contributed by atoms with van der Waals surface area (Å²) >= 11 is 0. The van der Waals surface area contributed by atoms with Gasteiger partial charge >= 0.3 is 5.97 Å². The third kappa shape index (κ3) is 2.50. The molecule has 1 aromatic carbocycles. The number of aliphatic carboxylic acids is 1. The van der Waals surface area contributed by atoms with Crippen molar-refractivity contribution in [1.82, 2.24) is 0 Å². The molecule has 86 valence electrons. The molecule has 1 heterocycles. The predicted molar refractivity (Wildman–Crippen MR) is 56.9 cm³/mol. The van der Waals surface area contributed by atoms with Crippen LogP contribution in [0.15, 0.2) is 30.3 Å². The van der Waals surface area contributed by atoms with Crippen LogP contribution in [0.5, 0.6) is 0 Å². The summed E-state index contributed by atoms with van der Waals surface area (Å²) in [5, 5.41) is 10.3. The van der Waals surface area contributed by atoms with Crippen molar-refractivity contribution < 1.29 is 19.5 Å². The highest BCUT2D eigenvalue weighted by molar-refractivity contribution is 5.68. The normalized spacial score (nSPS) is 20.8. The van der Waals surface area contributed by atoms with Crippen molar-refractivity contribution in [2.45, 2.75) is 12.6 Å². The van der Waals surface area contributed by atoms with Gasteiger partial charge in [0.2, 0.25) is 0 Å². The third-order valence-corrected chi connectivity index (χ3v) is 2.25. The fourth-order valence-electron chi connectivity index (χ4n) is 1.58. The molecule has 0 spiro atoms. The van der Waals surface area contributed by atoms with Gasteiger partial charge < -0.3 is 9.84 Å². The Morgan fingerprint density at radius 3 is 2.81 bits per heavy atom. The van der Waals surface area contributed by atoms with E-state index in [0.717, 1.165) is 5.69 Å². The number of carboxylic acid groups (broad SMARTS) is 1. The molecule has 1 saturated heterocycles. The Bertz CT molecular complexity index is 354. The zero-order valence-corrected chi connectivity index (χ0v) is 8.70. The lowest BCUT2D eigenvalue weighted by molar-refractivity contribution is -0.149. The Labute approximate surface area is 93.1 Å². The van der Waals surface area contributed by atoms with Crippen molar-refractivity contribution >= 4 is 11.7 Å². The summed E-state index contributed by atoms with van der Waals surface area (Å²) in [5.41, 5.74) is 0.799. The zero-order chi connectivity index (χ0) is 11.4. The van der Waals surface area contributed by atoms with Gasteiger partial charge in [0, 0.05) is 0 Å². The number of para-hydroxylation sites is 1. The number of hydrogen-bond acceptors (Lipinski definition) is 4. The zero-order valence-electron chi connectivity index (χ0n) is 8.70. The molecule has 1 atom stereocenters. The van der Waals surface area contributed by atoms with Gasteiger partial charge in [-0.2, -0.15) is 0 Å². The summed E-state index contributed by atoms with van der Waals surface area (Å²) < 4.78 is 5.38. The van der Waals surface area contributed by atoms with Gasteiger partial charge in [-0.15, -0.1) is 0 Å². The molecule has 0 aliphatic carbocycles. The SMILES string of the molecule is O=C(O)CC1OCCON1c1ccccc1. The van der Waals surface area contributed by atoms with Crippen molar-refractivity contribution in [3.8, 4) is 0 Å². The molecule has 2 rings (SSSR count). The van der Waals surface area contributed by atoms with Crippen LogP contribution in [0.25, 0.3) is 0 Å². The minimum Gasteiger partial charge on any atom is -0.481 e. The summed E-state index contributed by atoms with van der Waals surface area (Å²) in [5.74, 6) is -0.906. The number of carbonyl (C=O) groups is 1. The number of hydroxylamine groups is 1. The minimum absolute atomic E-state index is 0.102. The average molecular weight is 223 g/mol. The molecule has 0 amide bonds. The summed E-state index contributed by atoms with van der Waals surface area (Å²) in [4.78, 5) is 16.1. The van der Waals surface area contributed by atoms with Gasteiger partial charge in [-0.25, -0.2) is 5.06 Å². The first-order valence-electron chi connectivity index (χ1n) is 5.08. The van der Waals surface area contributed by atoms with E-state index >= 15 is 0 Å². The molecule has 1 unspecified atom stereocenters. The quantitative estimate of drug-likeness (QED) is 0.835. The van der Waals surface area contributed by atoms with Gasteiger partial charge in [-0.3, -0.25) is 9.63 Å². The lowest BCUT2D eigenvalue weighted by Gasteiger charge is -2.35. The van der Waals surface area contributed by atoms with Crippen molar-refractivity contribution in [2.24, 2.45) is 0 Å². The predicted octanol–water partition coefficient (Wildman–Crippen LogP) is 1.26. The van der Waals surface area contributed by atoms with Gasteiger partial charge in [-0.1, -0.05) is 18.2 Å². The summed E-state index contributed by atoms with van der Waals surface area (Å²) in [6.07, 6.45) is -0.664. The van der Waals surface area contributed by atoms with E-state index in [-0.39, 0.29) is 6.42 Å². The highest BCUT2D eigenvalue weighted by Crippen LogP contribution is 2.21. The highest BCUT2D eigenvalue weighted by Gasteiger charge is 2.26. The summed E-state index contributed by atoms with van der Waals surface area (Å²) in [7, 11) is 0. The molecule has 0 bridgehead atoms. The molecule has 1 aliphatic heterocycles. The van der Waals surface area contributed by atoms with E-state index in [1.165, 1.54) is 5.06 Å². The number of rotatable bonds is 3. The lowest BCUT2D eigenvalue weighted by Crippen LogP contribution is -2.44. The number of anilines is 1. The van der Waals surface area contributed by atoms with E-state index in [0.29, 0.717) is 13.2 Å². The van der Waals surface area contributed by atoms with E-state index in [1.807, 2.05) is 30.3 Å². The van der Waals surface area contributed by atoms with Crippen LogP contribution in [0.3, 0.4) is 0 Å². The van der Waals surface area contributed by atoms with Gasteiger partial charge in [0.1, 0.15) is 0 Å². The Morgan fingerprint density at radius 2 is 2.12 bits per heavy atom. The van der Waals surface area contributed by atoms with Crippen LogP contribution in [-0.2, 0) is 14.4 Å². The molecule has 1 N–H and O–H groups in total. The Hall–Kier alpha value is -1.59. The summed E-state index contributed by atoms with van der Waals surface area (Å²) in [6.45, 7) is 0.853. The molecular formula is C11H13NO4. The molecule has 1 aromatic rings. The van der Waals surface area contributed by atoms with Gasteiger partial charge in [-0.05, 0) is 12.1 Å². The third-order valence-electron chi connectivity index (χ3n) is 2.25. The van der Waals surface area contributed by atoms with Gasteiger partial charge in [0.25, 0.3) is 0 Å². The van der Waals surface area contributed by atoms with Crippen molar-refractivity contribution in [3.63, 3.8) is 0 Å². The average Bonchev–Trinajstić information content (AvgIpc) is 2.30. The maximum absolute atomic E-state index is 10.7. The van der Waals surface area contributed by atoms with Crippen LogP contribution in [0, 0.1) is 0 Å². The summed E-state index contributed by atoms with van der Waals surface area (Å²) in [6, 6.07) is 9.32. The highest BCUT2D eigenvalue weighted by atomic mass is 16.7. The molecule has 1 fully saturated rings. The molecule has 1 aliphatic rings.